The number of halogens is 1. The maximum atomic E-state index is 11.9. The third kappa shape index (κ3) is 2.88. The summed E-state index contributed by atoms with van der Waals surface area (Å²) in [6.07, 6.45) is 0. The van der Waals surface area contributed by atoms with Crippen molar-refractivity contribution in [3.05, 3.63) is 51.3 Å². The minimum Gasteiger partial charge on any atom is -0.361 e. The zero-order valence-electron chi connectivity index (χ0n) is 10.9. The summed E-state index contributed by atoms with van der Waals surface area (Å²) >= 11 is 3.27. The average Bonchev–Trinajstić information content (AvgIpc) is 2.76. The molecule has 0 unspecified atom stereocenters. The van der Waals surface area contributed by atoms with Gasteiger partial charge in [-0.1, -0.05) is 17.3 Å². The molecule has 0 saturated heterocycles. The molecule has 0 spiro atoms. The first-order valence-electron chi connectivity index (χ1n) is 5.78. The van der Waals surface area contributed by atoms with Gasteiger partial charge in [-0.15, -0.1) is 0 Å². The number of nitrogens with zero attached hydrogens (tertiary/aromatic N) is 1. The highest BCUT2D eigenvalue weighted by atomic mass is 79.9. The van der Waals surface area contributed by atoms with Crippen molar-refractivity contribution in [2.45, 2.75) is 13.8 Å². The fraction of sp³-hybridized carbons (Fsp3) is 0.154. The summed E-state index contributed by atoms with van der Waals surface area (Å²) in [6.45, 7) is 3.28. The van der Waals surface area contributed by atoms with Crippen LogP contribution in [0.4, 0.5) is 0 Å². The Hall–Kier alpha value is -2.15. The molecule has 0 aliphatic heterocycles. The molecule has 1 aromatic carbocycles. The zero-order chi connectivity index (χ0) is 14.7. The predicted molar refractivity (Wildman–Crippen MR) is 75.1 cm³/mol. The van der Waals surface area contributed by atoms with E-state index in [4.69, 9.17) is 4.52 Å². The van der Waals surface area contributed by atoms with Gasteiger partial charge in [-0.25, -0.2) is 0 Å². The molecule has 0 radical (unpaired) electrons. The third-order valence-corrected chi connectivity index (χ3v) is 3.36. The normalized spacial score (nSPS) is 10.2. The molecule has 6 nitrogen and oxygen atoms in total. The molecule has 2 N–H and O–H groups in total. The van der Waals surface area contributed by atoms with Crippen LogP contribution < -0.4 is 10.9 Å². The molecule has 0 saturated carbocycles. The number of aromatic nitrogens is 1. The Kier molecular flexibility index (Phi) is 4.19. The molecule has 1 heterocycles. The lowest BCUT2D eigenvalue weighted by Gasteiger charge is -2.08. The van der Waals surface area contributed by atoms with Crippen molar-refractivity contribution >= 4 is 27.7 Å². The van der Waals surface area contributed by atoms with Gasteiger partial charge < -0.3 is 4.52 Å². The standard InChI is InChI=1S/C13H12BrN3O3/c1-7-11(8(2)20-17-7)13(19)16-15-12(18)9-5-3-4-6-10(9)14/h3-6H,1-2H3,(H,15,18)(H,16,19). The fourth-order valence-corrected chi connectivity index (χ4v) is 2.16. The zero-order valence-corrected chi connectivity index (χ0v) is 12.4. The molecule has 0 aliphatic carbocycles. The second-order valence-corrected chi connectivity index (χ2v) is 4.94. The van der Waals surface area contributed by atoms with Crippen LogP contribution in [0.2, 0.25) is 0 Å². The molecule has 0 fully saturated rings. The van der Waals surface area contributed by atoms with Crippen LogP contribution in [0, 0.1) is 13.8 Å². The van der Waals surface area contributed by atoms with E-state index in [0.717, 1.165) is 0 Å². The highest BCUT2D eigenvalue weighted by Gasteiger charge is 2.18. The predicted octanol–water partition coefficient (Wildman–Crippen LogP) is 2.13. The number of carbonyl (C=O) groups is 2. The molecule has 7 heteroatoms. The topological polar surface area (TPSA) is 84.2 Å². The highest BCUT2D eigenvalue weighted by Crippen LogP contribution is 2.15. The summed E-state index contributed by atoms with van der Waals surface area (Å²) in [5.41, 5.74) is 5.88. The van der Waals surface area contributed by atoms with Crippen LogP contribution in [0.1, 0.15) is 32.2 Å². The van der Waals surface area contributed by atoms with Crippen LogP contribution in [0.3, 0.4) is 0 Å². The molecule has 2 rings (SSSR count). The molecular weight excluding hydrogens is 326 g/mol. The number of hydrazine groups is 1. The first-order valence-corrected chi connectivity index (χ1v) is 6.58. The lowest BCUT2D eigenvalue weighted by Crippen LogP contribution is -2.42. The van der Waals surface area contributed by atoms with E-state index >= 15 is 0 Å². The number of hydrogen-bond donors (Lipinski definition) is 2. The van der Waals surface area contributed by atoms with Gasteiger partial charge in [0.25, 0.3) is 11.8 Å². The fourth-order valence-electron chi connectivity index (χ4n) is 1.70. The van der Waals surface area contributed by atoms with Crippen molar-refractivity contribution in [2.75, 3.05) is 0 Å². The second-order valence-electron chi connectivity index (χ2n) is 4.09. The van der Waals surface area contributed by atoms with Gasteiger partial charge >= 0.3 is 0 Å². The number of carbonyl (C=O) groups excluding carboxylic acids is 2. The van der Waals surface area contributed by atoms with Gasteiger partial charge in [0.15, 0.2) is 0 Å². The van der Waals surface area contributed by atoms with E-state index in [2.05, 4.69) is 31.9 Å². The van der Waals surface area contributed by atoms with Crippen molar-refractivity contribution in [1.82, 2.24) is 16.0 Å². The lowest BCUT2D eigenvalue weighted by molar-refractivity contribution is 0.0845. The Balaban J connectivity index is 2.05. The number of hydrogen-bond acceptors (Lipinski definition) is 4. The SMILES string of the molecule is Cc1noc(C)c1C(=O)NNC(=O)c1ccccc1Br. The number of amides is 2. The van der Waals surface area contributed by atoms with E-state index in [-0.39, 0.29) is 0 Å². The summed E-state index contributed by atoms with van der Waals surface area (Å²) in [4.78, 5) is 23.8. The first-order chi connectivity index (χ1) is 9.50. The third-order valence-electron chi connectivity index (χ3n) is 2.67. The number of rotatable bonds is 2. The molecule has 0 bridgehead atoms. The number of nitrogens with one attached hydrogen (secondary N) is 2. The molecule has 20 heavy (non-hydrogen) atoms. The van der Waals surface area contributed by atoms with Gasteiger partial charge in [-0.3, -0.25) is 20.4 Å². The maximum Gasteiger partial charge on any atom is 0.275 e. The summed E-state index contributed by atoms with van der Waals surface area (Å²) < 4.78 is 5.54. The van der Waals surface area contributed by atoms with Gasteiger partial charge in [0.2, 0.25) is 0 Å². The second kappa shape index (κ2) is 5.87. The maximum absolute atomic E-state index is 11.9. The van der Waals surface area contributed by atoms with E-state index in [1.807, 2.05) is 0 Å². The van der Waals surface area contributed by atoms with E-state index in [9.17, 15) is 9.59 Å². The number of aryl methyl sites for hydroxylation is 2. The van der Waals surface area contributed by atoms with Crippen LogP contribution in [0.15, 0.2) is 33.3 Å². The molecule has 0 aliphatic rings. The Morgan fingerprint density at radius 3 is 2.40 bits per heavy atom. The molecule has 2 amide bonds. The van der Waals surface area contributed by atoms with Crippen molar-refractivity contribution in [2.24, 2.45) is 0 Å². The quantitative estimate of drug-likeness (QED) is 0.822. The minimum absolute atomic E-state index is 0.317. The summed E-state index contributed by atoms with van der Waals surface area (Å²) in [5, 5.41) is 3.68. The van der Waals surface area contributed by atoms with Crippen molar-refractivity contribution in [3.8, 4) is 0 Å². The van der Waals surface area contributed by atoms with Crippen molar-refractivity contribution in [3.63, 3.8) is 0 Å². The van der Waals surface area contributed by atoms with Crippen molar-refractivity contribution in [1.29, 1.82) is 0 Å². The van der Waals surface area contributed by atoms with E-state index < -0.39 is 11.8 Å². The van der Waals surface area contributed by atoms with Crippen LogP contribution in [-0.2, 0) is 0 Å². The lowest BCUT2D eigenvalue weighted by atomic mass is 10.2. The van der Waals surface area contributed by atoms with Gasteiger partial charge in [-0.05, 0) is 41.9 Å². The summed E-state index contributed by atoms with van der Waals surface area (Å²) in [6, 6.07) is 6.91. The minimum atomic E-state index is -0.471. The summed E-state index contributed by atoms with van der Waals surface area (Å²) in [7, 11) is 0. The van der Waals surface area contributed by atoms with Crippen LogP contribution in [-0.4, -0.2) is 17.0 Å². The smallest absolute Gasteiger partial charge is 0.275 e. The Morgan fingerprint density at radius 1 is 1.15 bits per heavy atom. The Labute approximate surface area is 123 Å². The molecule has 0 atom stereocenters. The summed E-state index contributed by atoms with van der Waals surface area (Å²) in [5.74, 6) is -0.491. The van der Waals surface area contributed by atoms with Gasteiger partial charge in [0.05, 0.1) is 11.3 Å². The van der Waals surface area contributed by atoms with Crippen molar-refractivity contribution < 1.29 is 14.1 Å². The van der Waals surface area contributed by atoms with Gasteiger partial charge in [-0.2, -0.15) is 0 Å². The molecule has 1 aromatic heterocycles. The van der Waals surface area contributed by atoms with Crippen LogP contribution in [0.5, 0.6) is 0 Å². The van der Waals surface area contributed by atoms with E-state index in [0.29, 0.717) is 27.1 Å². The number of benzene rings is 1. The first kappa shape index (κ1) is 14.3. The Bertz CT molecular complexity index is 647. The molecule has 2 aromatic rings. The van der Waals surface area contributed by atoms with Gasteiger partial charge in [0, 0.05) is 4.47 Å². The van der Waals surface area contributed by atoms with E-state index in [1.54, 1.807) is 38.1 Å². The largest absolute Gasteiger partial charge is 0.361 e. The monoisotopic (exact) mass is 337 g/mol. The van der Waals surface area contributed by atoms with Gasteiger partial charge in [0.1, 0.15) is 11.3 Å². The van der Waals surface area contributed by atoms with Crippen LogP contribution >= 0.6 is 15.9 Å². The highest BCUT2D eigenvalue weighted by molar-refractivity contribution is 9.10. The molecule has 104 valence electrons. The van der Waals surface area contributed by atoms with Crippen LogP contribution in [0.25, 0.3) is 0 Å². The van der Waals surface area contributed by atoms with E-state index in [1.165, 1.54) is 0 Å². The molecular formula is C13H12BrN3O3. The average molecular weight is 338 g/mol. The Morgan fingerprint density at radius 2 is 1.80 bits per heavy atom.